The predicted molar refractivity (Wildman–Crippen MR) is 54.6 cm³/mol. The fraction of sp³-hybridized carbons (Fsp3) is 0.556. The Morgan fingerprint density at radius 1 is 1.43 bits per heavy atom. The Morgan fingerprint density at radius 2 is 2.21 bits per heavy atom. The van der Waals surface area contributed by atoms with E-state index in [0.29, 0.717) is 17.1 Å². The molecule has 0 amide bonds. The summed E-state index contributed by atoms with van der Waals surface area (Å²) in [5.41, 5.74) is 0. The van der Waals surface area contributed by atoms with Gasteiger partial charge in [0.05, 0.1) is 17.4 Å². The molecule has 0 radical (unpaired) electrons. The second-order valence-electron chi connectivity index (χ2n) is 3.76. The molecule has 3 rings (SSSR count). The van der Waals surface area contributed by atoms with Gasteiger partial charge in [0.15, 0.2) is 0 Å². The van der Waals surface area contributed by atoms with Crippen LogP contribution in [0.15, 0.2) is 12.4 Å². The van der Waals surface area contributed by atoms with Crippen LogP contribution in [0, 0.1) is 0 Å². The summed E-state index contributed by atoms with van der Waals surface area (Å²) in [6.45, 7) is 2.01. The van der Waals surface area contributed by atoms with Gasteiger partial charge in [-0.05, 0) is 6.42 Å². The van der Waals surface area contributed by atoms with Gasteiger partial charge < -0.3 is 10.2 Å². The molecule has 2 aliphatic rings. The third-order valence-corrected chi connectivity index (χ3v) is 2.98. The number of piperazine rings is 1. The Hall–Kier alpha value is -0.870. The van der Waals surface area contributed by atoms with Crippen LogP contribution >= 0.6 is 11.6 Å². The van der Waals surface area contributed by atoms with Crippen LogP contribution in [0.1, 0.15) is 6.42 Å². The summed E-state index contributed by atoms with van der Waals surface area (Å²) in [5.74, 6) is 0.809. The van der Waals surface area contributed by atoms with Gasteiger partial charge in [-0.2, -0.15) is 0 Å². The van der Waals surface area contributed by atoms with E-state index < -0.39 is 0 Å². The fourth-order valence-corrected chi connectivity index (χ4v) is 2.08. The van der Waals surface area contributed by atoms with Crippen molar-refractivity contribution >= 4 is 17.5 Å². The van der Waals surface area contributed by atoms with Gasteiger partial charge in [0.1, 0.15) is 0 Å². The summed E-state index contributed by atoms with van der Waals surface area (Å²) < 4.78 is 0. The Bertz CT molecular complexity index is 339. The topological polar surface area (TPSA) is 41.1 Å². The monoisotopic (exact) mass is 210 g/mol. The van der Waals surface area contributed by atoms with Crippen LogP contribution in [-0.2, 0) is 0 Å². The normalized spacial score (nSPS) is 29.9. The standard InChI is InChI=1S/C9H11ClN4/c10-6-4-12-9(13-5-6)14-2-1-11-7-3-8(7)14/h4-5,7-8,11H,1-3H2. The highest BCUT2D eigenvalue weighted by molar-refractivity contribution is 6.30. The number of nitrogens with one attached hydrogen (secondary N) is 1. The number of halogens is 1. The van der Waals surface area contributed by atoms with E-state index in [1.54, 1.807) is 12.4 Å². The van der Waals surface area contributed by atoms with Crippen molar-refractivity contribution in [1.29, 1.82) is 0 Å². The van der Waals surface area contributed by atoms with Gasteiger partial charge in [0.2, 0.25) is 5.95 Å². The maximum absolute atomic E-state index is 5.74. The number of aromatic nitrogens is 2. The number of hydrogen-bond donors (Lipinski definition) is 1. The van der Waals surface area contributed by atoms with E-state index in [0.717, 1.165) is 19.0 Å². The zero-order valence-electron chi connectivity index (χ0n) is 7.65. The maximum Gasteiger partial charge on any atom is 0.225 e. The summed E-state index contributed by atoms with van der Waals surface area (Å²) in [5, 5.41) is 4.04. The molecule has 1 aromatic rings. The molecule has 0 spiro atoms. The van der Waals surface area contributed by atoms with Crippen molar-refractivity contribution in [3.05, 3.63) is 17.4 Å². The molecule has 14 heavy (non-hydrogen) atoms. The van der Waals surface area contributed by atoms with Crippen LogP contribution in [0.25, 0.3) is 0 Å². The van der Waals surface area contributed by atoms with Crippen molar-refractivity contribution < 1.29 is 0 Å². The van der Waals surface area contributed by atoms with Gasteiger partial charge in [0.25, 0.3) is 0 Å². The Balaban J connectivity index is 1.84. The van der Waals surface area contributed by atoms with Crippen molar-refractivity contribution in [1.82, 2.24) is 15.3 Å². The number of anilines is 1. The quantitative estimate of drug-likeness (QED) is 0.740. The third kappa shape index (κ3) is 1.35. The molecule has 4 nitrogen and oxygen atoms in total. The summed E-state index contributed by atoms with van der Waals surface area (Å²) >= 11 is 5.74. The SMILES string of the molecule is Clc1cnc(N2CCNC3CC32)nc1. The number of nitrogens with zero attached hydrogens (tertiary/aromatic N) is 3. The van der Waals surface area contributed by atoms with Crippen molar-refractivity contribution in [3.8, 4) is 0 Å². The second-order valence-corrected chi connectivity index (χ2v) is 4.19. The lowest BCUT2D eigenvalue weighted by Gasteiger charge is -2.26. The van der Waals surface area contributed by atoms with Crippen molar-refractivity contribution in [2.75, 3.05) is 18.0 Å². The molecule has 2 unspecified atom stereocenters. The number of rotatable bonds is 1. The lowest BCUT2D eigenvalue weighted by Crippen LogP contribution is -2.44. The average molecular weight is 211 g/mol. The molecule has 1 aliphatic heterocycles. The molecule has 5 heteroatoms. The highest BCUT2D eigenvalue weighted by atomic mass is 35.5. The Labute approximate surface area is 87.3 Å². The van der Waals surface area contributed by atoms with Gasteiger partial charge in [0, 0.05) is 25.2 Å². The van der Waals surface area contributed by atoms with E-state index in [1.807, 2.05) is 0 Å². The van der Waals surface area contributed by atoms with Crippen molar-refractivity contribution in [3.63, 3.8) is 0 Å². The molecule has 1 aliphatic carbocycles. The Morgan fingerprint density at radius 3 is 3.00 bits per heavy atom. The maximum atomic E-state index is 5.74. The molecule has 74 valence electrons. The molecule has 0 aromatic carbocycles. The summed E-state index contributed by atoms with van der Waals surface area (Å²) in [6, 6.07) is 1.26. The van der Waals surface area contributed by atoms with E-state index in [4.69, 9.17) is 11.6 Å². The van der Waals surface area contributed by atoms with Crippen LogP contribution in [0.2, 0.25) is 5.02 Å². The van der Waals surface area contributed by atoms with E-state index in [-0.39, 0.29) is 0 Å². The minimum Gasteiger partial charge on any atom is -0.335 e. The average Bonchev–Trinajstić information content (AvgIpc) is 2.97. The first-order valence-electron chi connectivity index (χ1n) is 4.82. The minimum atomic E-state index is 0.594. The largest absolute Gasteiger partial charge is 0.335 e. The highest BCUT2D eigenvalue weighted by Crippen LogP contribution is 2.32. The van der Waals surface area contributed by atoms with Crippen LogP contribution in [0.5, 0.6) is 0 Å². The predicted octanol–water partition coefficient (Wildman–Crippen LogP) is 0.680. The summed E-state index contributed by atoms with van der Waals surface area (Å²) in [7, 11) is 0. The zero-order valence-corrected chi connectivity index (χ0v) is 8.41. The molecular formula is C9H11ClN4. The van der Waals surface area contributed by atoms with Crippen molar-refractivity contribution in [2.45, 2.75) is 18.5 Å². The first-order valence-corrected chi connectivity index (χ1v) is 5.20. The van der Waals surface area contributed by atoms with Crippen LogP contribution in [-0.4, -0.2) is 35.1 Å². The second kappa shape index (κ2) is 3.07. The van der Waals surface area contributed by atoms with Crippen molar-refractivity contribution in [2.24, 2.45) is 0 Å². The lowest BCUT2D eigenvalue weighted by atomic mass is 10.4. The molecule has 2 atom stereocenters. The number of hydrogen-bond acceptors (Lipinski definition) is 4. The first-order chi connectivity index (χ1) is 6.84. The molecule has 1 N–H and O–H groups in total. The van der Waals surface area contributed by atoms with Crippen LogP contribution < -0.4 is 10.2 Å². The molecule has 1 saturated carbocycles. The smallest absolute Gasteiger partial charge is 0.225 e. The number of fused-ring (bicyclic) bond motifs is 1. The first kappa shape index (κ1) is 8.44. The van der Waals surface area contributed by atoms with E-state index in [2.05, 4.69) is 20.2 Å². The molecule has 1 aromatic heterocycles. The molecule has 1 saturated heterocycles. The molecular weight excluding hydrogens is 200 g/mol. The lowest BCUT2D eigenvalue weighted by molar-refractivity contribution is 0.572. The minimum absolute atomic E-state index is 0.594. The summed E-state index contributed by atoms with van der Waals surface area (Å²) in [4.78, 5) is 10.7. The van der Waals surface area contributed by atoms with E-state index in [9.17, 15) is 0 Å². The summed E-state index contributed by atoms with van der Waals surface area (Å²) in [6.07, 6.45) is 4.53. The van der Waals surface area contributed by atoms with Gasteiger partial charge >= 0.3 is 0 Å². The molecule has 2 fully saturated rings. The zero-order chi connectivity index (χ0) is 9.54. The van der Waals surface area contributed by atoms with E-state index >= 15 is 0 Å². The molecule has 2 heterocycles. The van der Waals surface area contributed by atoms with Crippen LogP contribution in [0.4, 0.5) is 5.95 Å². The molecule has 0 bridgehead atoms. The van der Waals surface area contributed by atoms with Gasteiger partial charge in [-0.25, -0.2) is 9.97 Å². The van der Waals surface area contributed by atoms with Gasteiger partial charge in [-0.1, -0.05) is 11.6 Å². The van der Waals surface area contributed by atoms with Gasteiger partial charge in [-0.3, -0.25) is 0 Å². The fourth-order valence-electron chi connectivity index (χ4n) is 1.98. The Kier molecular flexibility index (Phi) is 1.85. The van der Waals surface area contributed by atoms with Crippen LogP contribution in [0.3, 0.4) is 0 Å². The van der Waals surface area contributed by atoms with E-state index in [1.165, 1.54) is 6.42 Å². The van der Waals surface area contributed by atoms with Gasteiger partial charge in [-0.15, -0.1) is 0 Å². The third-order valence-electron chi connectivity index (χ3n) is 2.78. The highest BCUT2D eigenvalue weighted by Gasteiger charge is 2.45.